The lowest BCUT2D eigenvalue weighted by Gasteiger charge is -2.08. The summed E-state index contributed by atoms with van der Waals surface area (Å²) in [7, 11) is 1.28. The van der Waals surface area contributed by atoms with Crippen molar-refractivity contribution in [2.45, 2.75) is 12.5 Å². The number of nitrogens with two attached hydrogens (primary N) is 1. The van der Waals surface area contributed by atoms with E-state index >= 15 is 0 Å². The van der Waals surface area contributed by atoms with Crippen LogP contribution in [0.25, 0.3) is 0 Å². The number of carbonyl (C=O) groups is 1. The Hall–Kier alpha value is -1.62. The third-order valence-electron chi connectivity index (χ3n) is 1.74. The molecule has 5 heteroatoms. The number of methoxy groups -OCH3 is 1. The van der Waals surface area contributed by atoms with Crippen molar-refractivity contribution in [1.82, 2.24) is 4.98 Å². The van der Waals surface area contributed by atoms with Gasteiger partial charge in [-0.25, -0.2) is 0 Å². The molecule has 1 atom stereocenters. The molecule has 5 nitrogen and oxygen atoms in total. The van der Waals surface area contributed by atoms with E-state index in [-0.39, 0.29) is 5.75 Å². The van der Waals surface area contributed by atoms with E-state index in [1.165, 1.54) is 19.4 Å². The first kappa shape index (κ1) is 10.5. The van der Waals surface area contributed by atoms with Gasteiger partial charge in [0.1, 0.15) is 11.8 Å². The van der Waals surface area contributed by atoms with Crippen LogP contribution in [0, 0.1) is 0 Å². The van der Waals surface area contributed by atoms with E-state index in [4.69, 9.17) is 10.8 Å². The highest BCUT2D eigenvalue weighted by Gasteiger charge is 2.14. The van der Waals surface area contributed by atoms with Crippen LogP contribution in [0.1, 0.15) is 5.56 Å². The van der Waals surface area contributed by atoms with Crippen molar-refractivity contribution in [2.75, 3.05) is 7.11 Å². The number of carbonyl (C=O) groups excluding carboxylic acids is 1. The number of rotatable bonds is 3. The standard InChI is InChI=1S/C9H12N2O3/c1-14-9(13)8(10)3-6-2-7(12)5-11-4-6/h2,4-5,8,12H,3,10H2,1H3. The summed E-state index contributed by atoms with van der Waals surface area (Å²) in [5, 5.41) is 9.10. The summed E-state index contributed by atoms with van der Waals surface area (Å²) in [5.41, 5.74) is 6.22. The fourth-order valence-corrected chi connectivity index (χ4v) is 1.07. The molecule has 0 radical (unpaired) electrons. The van der Waals surface area contributed by atoms with Gasteiger partial charge in [-0.1, -0.05) is 0 Å². The molecule has 76 valence electrons. The summed E-state index contributed by atoms with van der Waals surface area (Å²) in [6.07, 6.45) is 3.16. The molecule has 0 saturated heterocycles. The van der Waals surface area contributed by atoms with Crippen LogP contribution in [-0.2, 0) is 16.0 Å². The summed E-state index contributed by atoms with van der Waals surface area (Å²) in [5.74, 6) is -0.423. The van der Waals surface area contributed by atoms with Gasteiger partial charge in [0.2, 0.25) is 0 Å². The number of nitrogens with zero attached hydrogens (tertiary/aromatic N) is 1. The average molecular weight is 196 g/mol. The second kappa shape index (κ2) is 4.57. The van der Waals surface area contributed by atoms with E-state index in [1.807, 2.05) is 0 Å². The van der Waals surface area contributed by atoms with Crippen molar-refractivity contribution < 1.29 is 14.6 Å². The van der Waals surface area contributed by atoms with Gasteiger partial charge in [-0.3, -0.25) is 9.78 Å². The molecule has 1 aromatic rings. The molecule has 1 heterocycles. The van der Waals surface area contributed by atoms with Crippen LogP contribution >= 0.6 is 0 Å². The lowest BCUT2D eigenvalue weighted by molar-refractivity contribution is -0.142. The normalized spacial score (nSPS) is 12.1. The van der Waals surface area contributed by atoms with Crippen LogP contribution in [0.4, 0.5) is 0 Å². The Balaban J connectivity index is 2.64. The van der Waals surface area contributed by atoms with Crippen LogP contribution in [0.3, 0.4) is 0 Å². The van der Waals surface area contributed by atoms with Crippen molar-refractivity contribution in [2.24, 2.45) is 5.73 Å². The average Bonchev–Trinajstić information content (AvgIpc) is 2.16. The van der Waals surface area contributed by atoms with E-state index in [2.05, 4.69) is 9.72 Å². The number of hydrogen-bond acceptors (Lipinski definition) is 5. The molecule has 0 amide bonds. The van der Waals surface area contributed by atoms with Gasteiger partial charge < -0.3 is 15.6 Å². The summed E-state index contributed by atoms with van der Waals surface area (Å²) >= 11 is 0. The molecular weight excluding hydrogens is 184 g/mol. The quantitative estimate of drug-likeness (QED) is 0.655. The van der Waals surface area contributed by atoms with Gasteiger partial charge in [0.25, 0.3) is 0 Å². The lowest BCUT2D eigenvalue weighted by Crippen LogP contribution is -2.33. The lowest BCUT2D eigenvalue weighted by atomic mass is 10.1. The highest BCUT2D eigenvalue weighted by molar-refractivity contribution is 5.75. The molecule has 0 aromatic carbocycles. The van der Waals surface area contributed by atoms with E-state index in [0.717, 1.165) is 0 Å². The van der Waals surface area contributed by atoms with Crippen LogP contribution in [-0.4, -0.2) is 29.2 Å². The number of ether oxygens (including phenoxy) is 1. The molecule has 0 aliphatic rings. The first-order chi connectivity index (χ1) is 6.63. The Bertz CT molecular complexity index is 328. The smallest absolute Gasteiger partial charge is 0.322 e. The molecule has 1 aromatic heterocycles. The number of aromatic nitrogens is 1. The third-order valence-corrected chi connectivity index (χ3v) is 1.74. The minimum absolute atomic E-state index is 0.0552. The molecule has 3 N–H and O–H groups in total. The molecular formula is C9H12N2O3. The number of pyridine rings is 1. The maximum atomic E-state index is 11.0. The van der Waals surface area contributed by atoms with Gasteiger partial charge >= 0.3 is 5.97 Å². The summed E-state index contributed by atoms with van der Waals surface area (Å²) in [6.45, 7) is 0. The Morgan fingerprint density at radius 1 is 1.71 bits per heavy atom. The highest BCUT2D eigenvalue weighted by Crippen LogP contribution is 2.10. The third kappa shape index (κ3) is 2.70. The van der Waals surface area contributed by atoms with Crippen molar-refractivity contribution in [3.05, 3.63) is 24.0 Å². The van der Waals surface area contributed by atoms with Gasteiger partial charge in [-0.05, 0) is 18.1 Å². The minimum Gasteiger partial charge on any atom is -0.506 e. The van der Waals surface area contributed by atoms with Gasteiger partial charge in [0.15, 0.2) is 0 Å². The van der Waals surface area contributed by atoms with E-state index in [1.54, 1.807) is 6.20 Å². The second-order valence-electron chi connectivity index (χ2n) is 2.89. The van der Waals surface area contributed by atoms with Crippen molar-refractivity contribution in [3.8, 4) is 5.75 Å². The van der Waals surface area contributed by atoms with E-state index in [9.17, 15) is 4.79 Å². The summed E-state index contributed by atoms with van der Waals surface area (Å²) in [4.78, 5) is 14.7. The maximum Gasteiger partial charge on any atom is 0.322 e. The molecule has 0 fully saturated rings. The van der Waals surface area contributed by atoms with Gasteiger partial charge in [0.05, 0.1) is 13.3 Å². The number of hydrogen-bond donors (Lipinski definition) is 2. The summed E-state index contributed by atoms with van der Waals surface area (Å²) in [6, 6.07) is 0.791. The van der Waals surface area contributed by atoms with E-state index in [0.29, 0.717) is 12.0 Å². The molecule has 1 unspecified atom stereocenters. The Morgan fingerprint density at radius 3 is 3.00 bits per heavy atom. The zero-order valence-corrected chi connectivity index (χ0v) is 7.80. The first-order valence-corrected chi connectivity index (χ1v) is 4.10. The molecule has 1 rings (SSSR count). The Kier molecular flexibility index (Phi) is 3.41. The van der Waals surface area contributed by atoms with Crippen LogP contribution < -0.4 is 5.73 Å². The monoisotopic (exact) mass is 196 g/mol. The Labute approximate surface area is 81.5 Å². The SMILES string of the molecule is COC(=O)C(N)Cc1cncc(O)c1. The fraction of sp³-hybridized carbons (Fsp3) is 0.333. The largest absolute Gasteiger partial charge is 0.506 e. The van der Waals surface area contributed by atoms with Crippen LogP contribution in [0.15, 0.2) is 18.5 Å². The molecule has 14 heavy (non-hydrogen) atoms. The maximum absolute atomic E-state index is 11.0. The predicted octanol–water partition coefficient (Wildman–Crippen LogP) is -0.170. The minimum atomic E-state index is -0.719. The zero-order chi connectivity index (χ0) is 10.6. The van der Waals surface area contributed by atoms with E-state index < -0.39 is 12.0 Å². The Morgan fingerprint density at radius 2 is 2.43 bits per heavy atom. The molecule has 0 spiro atoms. The molecule has 0 aliphatic carbocycles. The number of esters is 1. The van der Waals surface area contributed by atoms with Gasteiger partial charge in [-0.15, -0.1) is 0 Å². The second-order valence-corrected chi connectivity index (χ2v) is 2.89. The van der Waals surface area contributed by atoms with Crippen molar-refractivity contribution in [1.29, 1.82) is 0 Å². The topological polar surface area (TPSA) is 85.4 Å². The van der Waals surface area contributed by atoms with Crippen molar-refractivity contribution in [3.63, 3.8) is 0 Å². The van der Waals surface area contributed by atoms with Gasteiger partial charge in [0, 0.05) is 6.20 Å². The van der Waals surface area contributed by atoms with Gasteiger partial charge in [-0.2, -0.15) is 0 Å². The van der Waals surface area contributed by atoms with Crippen LogP contribution in [0.5, 0.6) is 5.75 Å². The number of aromatic hydroxyl groups is 1. The molecule has 0 saturated carbocycles. The first-order valence-electron chi connectivity index (χ1n) is 4.10. The summed E-state index contributed by atoms with van der Waals surface area (Å²) < 4.78 is 4.47. The fourth-order valence-electron chi connectivity index (χ4n) is 1.07. The predicted molar refractivity (Wildman–Crippen MR) is 49.6 cm³/mol. The highest BCUT2D eigenvalue weighted by atomic mass is 16.5. The van der Waals surface area contributed by atoms with Crippen molar-refractivity contribution >= 4 is 5.97 Å². The zero-order valence-electron chi connectivity index (χ0n) is 7.80. The molecule has 0 aliphatic heterocycles. The molecule has 0 bridgehead atoms. The van der Waals surface area contributed by atoms with Crippen LogP contribution in [0.2, 0.25) is 0 Å².